The minimum atomic E-state index is -5.11. The average Bonchev–Trinajstić information content (AvgIpc) is 3.76. The number of alkyl halides is 7. The summed E-state index contributed by atoms with van der Waals surface area (Å²) in [6.45, 7) is 2.88. The van der Waals surface area contributed by atoms with Gasteiger partial charge in [0.25, 0.3) is 5.91 Å². The van der Waals surface area contributed by atoms with Gasteiger partial charge in [0.15, 0.2) is 0 Å². The molecule has 14 nitrogen and oxygen atoms in total. The van der Waals surface area contributed by atoms with Crippen LogP contribution in [0.25, 0.3) is 22.3 Å². The standard InChI is InChI=1S/C35H31F7N10O4/c1-16-6-18(29(53)46-31-47-49-50-48-31)4-5-24(16)20-9-25(30(55-3)43-11-20)26-12-44-32(51-13-23(36)14-51)45-27(26)15-52-17(2)28(56-33(52)54)19-7-21(34(37,38)39)10-22(8-19)35(40,41)42/h4-12,17,23,28,49-50H,13-15H2,1-3H3,(H2,46,47,48,53)/t17-,28-/m0/s1. The summed E-state index contributed by atoms with van der Waals surface area (Å²) in [4.78, 5) is 42.4. The van der Waals surface area contributed by atoms with Gasteiger partial charge < -0.3 is 14.4 Å². The van der Waals surface area contributed by atoms with Crippen molar-refractivity contribution in [2.75, 3.05) is 25.1 Å². The fourth-order valence-electron chi connectivity index (χ4n) is 6.48. The van der Waals surface area contributed by atoms with Crippen molar-refractivity contribution in [3.63, 3.8) is 0 Å². The highest BCUT2D eigenvalue weighted by atomic mass is 19.4. The zero-order valence-electron chi connectivity index (χ0n) is 29.5. The van der Waals surface area contributed by atoms with E-state index < -0.39 is 59.4 Å². The number of nitrogens with one attached hydrogen (secondary N) is 4. The van der Waals surface area contributed by atoms with E-state index in [0.29, 0.717) is 45.5 Å². The molecule has 21 heteroatoms. The molecular formula is C35H31F7N10O4. The van der Waals surface area contributed by atoms with E-state index >= 15 is 0 Å². The number of methoxy groups -OCH3 is 1. The Morgan fingerprint density at radius 3 is 2.30 bits per heavy atom. The molecule has 294 valence electrons. The summed E-state index contributed by atoms with van der Waals surface area (Å²) in [5.41, 5.74) is 7.11. The lowest BCUT2D eigenvalue weighted by atomic mass is 9.96. The Morgan fingerprint density at radius 2 is 1.70 bits per heavy atom. The van der Waals surface area contributed by atoms with Crippen molar-refractivity contribution in [3.05, 3.63) is 88.4 Å². The number of halogens is 7. The first-order chi connectivity index (χ1) is 26.5. The Balaban J connectivity index is 1.24. The first kappa shape index (κ1) is 38.0. The van der Waals surface area contributed by atoms with Crippen LogP contribution in [0.5, 0.6) is 5.88 Å². The molecule has 5 heterocycles. The highest BCUT2D eigenvalue weighted by molar-refractivity contribution is 6.06. The topological polar surface area (TPSA) is 158 Å². The maximum atomic E-state index is 13.9. The molecule has 2 aromatic carbocycles. The third kappa shape index (κ3) is 7.53. The molecule has 7 rings (SSSR count). The van der Waals surface area contributed by atoms with Crippen molar-refractivity contribution >= 4 is 23.9 Å². The molecular weight excluding hydrogens is 757 g/mol. The number of ether oxygens (including phenoxy) is 2. The van der Waals surface area contributed by atoms with E-state index in [1.807, 2.05) is 0 Å². The maximum Gasteiger partial charge on any atom is 0.416 e. The smallest absolute Gasteiger partial charge is 0.416 e. The van der Waals surface area contributed by atoms with E-state index in [1.54, 1.807) is 42.3 Å². The van der Waals surface area contributed by atoms with Crippen LogP contribution < -0.4 is 31.4 Å². The maximum absolute atomic E-state index is 13.9. The predicted molar refractivity (Wildman–Crippen MR) is 184 cm³/mol. The summed E-state index contributed by atoms with van der Waals surface area (Å²) < 4.78 is 107. The number of nitrogens with zero attached hydrogens (tertiary/aromatic N) is 6. The number of pyridine rings is 1. The number of rotatable bonds is 8. The Bertz CT molecular complexity index is 2200. The second-order valence-electron chi connectivity index (χ2n) is 13.1. The molecule has 3 aliphatic rings. The molecule has 2 aromatic heterocycles. The number of benzene rings is 2. The number of hydrazone groups is 1. The first-order valence-electron chi connectivity index (χ1n) is 16.8. The number of amides is 2. The Hall–Kier alpha value is -6.25. The molecule has 2 saturated heterocycles. The third-order valence-electron chi connectivity index (χ3n) is 9.40. The van der Waals surface area contributed by atoms with Crippen LogP contribution in [0.3, 0.4) is 0 Å². The largest absolute Gasteiger partial charge is 0.481 e. The molecule has 2 amide bonds. The van der Waals surface area contributed by atoms with Gasteiger partial charge in [0.1, 0.15) is 12.3 Å². The van der Waals surface area contributed by atoms with Crippen LogP contribution in [-0.4, -0.2) is 70.2 Å². The van der Waals surface area contributed by atoms with Crippen LogP contribution in [0, 0.1) is 6.92 Å². The third-order valence-corrected chi connectivity index (χ3v) is 9.40. The van der Waals surface area contributed by atoms with Gasteiger partial charge in [-0.25, -0.2) is 29.7 Å². The van der Waals surface area contributed by atoms with Gasteiger partial charge in [-0.3, -0.25) is 20.4 Å². The number of hydrogen-bond donors (Lipinski definition) is 4. The highest BCUT2D eigenvalue weighted by Gasteiger charge is 2.44. The molecule has 0 radical (unpaired) electrons. The summed E-state index contributed by atoms with van der Waals surface area (Å²) in [5.74, 6) is -0.0146. The average molecular weight is 789 g/mol. The lowest BCUT2D eigenvalue weighted by Crippen LogP contribution is -2.49. The van der Waals surface area contributed by atoms with E-state index in [2.05, 4.69) is 41.9 Å². The number of aromatic nitrogens is 3. The monoisotopic (exact) mass is 788 g/mol. The van der Waals surface area contributed by atoms with Crippen LogP contribution in [0.15, 0.2) is 60.0 Å². The van der Waals surface area contributed by atoms with Gasteiger partial charge in [0, 0.05) is 34.6 Å². The van der Waals surface area contributed by atoms with E-state index in [9.17, 15) is 40.3 Å². The van der Waals surface area contributed by atoms with Gasteiger partial charge in [-0.1, -0.05) is 6.07 Å². The van der Waals surface area contributed by atoms with Crippen LogP contribution in [0.4, 0.5) is 41.5 Å². The summed E-state index contributed by atoms with van der Waals surface area (Å²) in [7, 11) is 1.38. The summed E-state index contributed by atoms with van der Waals surface area (Å²) >= 11 is 0. The Labute approximate surface area is 313 Å². The summed E-state index contributed by atoms with van der Waals surface area (Å²) in [6.07, 6.45) is -10.9. The molecule has 0 spiro atoms. The van der Waals surface area contributed by atoms with Crippen molar-refractivity contribution in [1.29, 1.82) is 0 Å². The molecule has 4 N–H and O–H groups in total. The van der Waals surface area contributed by atoms with E-state index in [-0.39, 0.29) is 49.2 Å². The second-order valence-corrected chi connectivity index (χ2v) is 13.1. The number of hydrogen-bond acceptors (Lipinski definition) is 12. The minimum absolute atomic E-state index is 0.00217. The second kappa shape index (κ2) is 14.4. The number of hydrazine groups is 2. The quantitative estimate of drug-likeness (QED) is 0.169. The van der Waals surface area contributed by atoms with Gasteiger partial charge in [-0.05, 0) is 66.9 Å². The van der Waals surface area contributed by atoms with Crippen LogP contribution in [0.2, 0.25) is 0 Å². The Kier molecular flexibility index (Phi) is 9.81. The molecule has 3 aliphatic heterocycles. The van der Waals surface area contributed by atoms with Gasteiger partial charge in [-0.2, -0.15) is 26.3 Å². The van der Waals surface area contributed by atoms with Crippen LogP contribution in [0.1, 0.15) is 51.3 Å². The minimum Gasteiger partial charge on any atom is -0.481 e. The van der Waals surface area contributed by atoms with E-state index in [1.165, 1.54) is 20.2 Å². The predicted octanol–water partition coefficient (Wildman–Crippen LogP) is 5.41. The van der Waals surface area contributed by atoms with Crippen LogP contribution >= 0.6 is 0 Å². The van der Waals surface area contributed by atoms with E-state index in [0.717, 1.165) is 4.90 Å². The molecule has 56 heavy (non-hydrogen) atoms. The SMILES string of the molecule is COc1ncc(-c2ccc(C(=O)NC3=NNNN3)cc2C)cc1-c1cnc(N2CC(F)C2)nc1CN1C(=O)O[C@H](c2cc(C(F)(F)F)cc(C(F)(F)F)c2)[C@@H]1C. The van der Waals surface area contributed by atoms with Gasteiger partial charge in [0.2, 0.25) is 17.8 Å². The molecule has 2 atom stereocenters. The first-order valence-corrected chi connectivity index (χ1v) is 16.8. The summed E-state index contributed by atoms with van der Waals surface area (Å²) in [6, 6.07) is 6.68. The molecule has 0 bridgehead atoms. The molecule has 2 fully saturated rings. The van der Waals surface area contributed by atoms with Gasteiger partial charge in [-0.15, -0.1) is 10.6 Å². The van der Waals surface area contributed by atoms with Gasteiger partial charge in [0.05, 0.1) is 49.6 Å². The number of carbonyl (C=O) groups excluding carboxylic acids is 2. The van der Waals surface area contributed by atoms with Crippen molar-refractivity contribution in [2.24, 2.45) is 5.10 Å². The lowest BCUT2D eigenvalue weighted by molar-refractivity contribution is -0.143. The normalized spacial score (nSPS) is 18.5. The van der Waals surface area contributed by atoms with Gasteiger partial charge >= 0.3 is 18.4 Å². The Morgan fingerprint density at radius 1 is 0.982 bits per heavy atom. The van der Waals surface area contributed by atoms with E-state index in [4.69, 9.17) is 9.47 Å². The molecule has 4 aromatic rings. The number of carbonyl (C=O) groups is 2. The van der Waals surface area contributed by atoms with Crippen molar-refractivity contribution in [1.82, 2.24) is 41.7 Å². The zero-order chi connectivity index (χ0) is 40.1. The van der Waals surface area contributed by atoms with Crippen molar-refractivity contribution in [3.8, 4) is 28.1 Å². The summed E-state index contributed by atoms with van der Waals surface area (Å²) in [5, 5.41) is 6.42. The zero-order valence-corrected chi connectivity index (χ0v) is 29.5. The molecule has 0 aliphatic carbocycles. The van der Waals surface area contributed by atoms with Crippen LogP contribution in [-0.2, 0) is 23.6 Å². The fraction of sp³-hybridized carbons (Fsp3) is 0.314. The number of cyclic esters (lactones) is 1. The number of anilines is 1. The fourth-order valence-corrected chi connectivity index (χ4v) is 6.48. The highest BCUT2D eigenvalue weighted by Crippen LogP contribution is 2.42. The van der Waals surface area contributed by atoms with Crippen molar-refractivity contribution in [2.45, 2.75) is 51.1 Å². The number of guanidine groups is 1. The molecule has 0 unspecified atom stereocenters. The lowest BCUT2D eigenvalue weighted by Gasteiger charge is -2.34. The molecule has 0 saturated carbocycles. The van der Waals surface area contributed by atoms with Crippen molar-refractivity contribution < 1.29 is 49.8 Å². The number of aryl methyl sites for hydroxylation is 1.